The number of benzene rings is 1. The van der Waals surface area contributed by atoms with Crippen LogP contribution in [-0.4, -0.2) is 32.5 Å². The van der Waals surface area contributed by atoms with Crippen LogP contribution in [0, 0.1) is 0 Å². The Kier molecular flexibility index (Phi) is 4.97. The normalized spacial score (nSPS) is 18.0. The van der Waals surface area contributed by atoms with Crippen molar-refractivity contribution in [1.82, 2.24) is 0 Å². The topological polar surface area (TPSA) is 30.7 Å². The Balaban J connectivity index is 1.91. The molecule has 2 rings (SSSR count). The lowest BCUT2D eigenvalue weighted by Crippen LogP contribution is -3.14. The summed E-state index contributed by atoms with van der Waals surface area (Å²) in [5.41, 5.74) is 0.788. The van der Waals surface area contributed by atoms with E-state index in [1.807, 2.05) is 24.3 Å². The van der Waals surface area contributed by atoms with Gasteiger partial charge in [0, 0.05) is 5.56 Å². The number of quaternary nitrogens is 1. The minimum absolute atomic E-state index is 0.228. The predicted octanol–water partition coefficient (Wildman–Crippen LogP) is 1.73. The van der Waals surface area contributed by atoms with Crippen molar-refractivity contribution in [2.24, 2.45) is 0 Å². The van der Waals surface area contributed by atoms with Gasteiger partial charge in [-0.1, -0.05) is 6.42 Å². The second-order valence-electron chi connectivity index (χ2n) is 5.51. The fourth-order valence-electron chi connectivity index (χ4n) is 2.87. The molecule has 0 bridgehead atoms. The van der Waals surface area contributed by atoms with E-state index in [4.69, 9.17) is 4.74 Å². The summed E-state index contributed by atoms with van der Waals surface area (Å²) in [6, 6.07) is 8.08. The van der Waals surface area contributed by atoms with Crippen LogP contribution in [-0.2, 0) is 0 Å². The highest BCUT2D eigenvalue weighted by molar-refractivity contribution is 5.96. The van der Waals surface area contributed by atoms with Crippen LogP contribution in [0.5, 0.6) is 5.75 Å². The van der Waals surface area contributed by atoms with Crippen molar-refractivity contribution in [3.8, 4) is 5.75 Å². The van der Waals surface area contributed by atoms with E-state index in [0.29, 0.717) is 12.6 Å². The van der Waals surface area contributed by atoms with Gasteiger partial charge < -0.3 is 9.64 Å². The molecule has 1 aromatic rings. The highest BCUT2D eigenvalue weighted by Gasteiger charge is 2.23. The van der Waals surface area contributed by atoms with Gasteiger partial charge in [0.2, 0.25) is 5.78 Å². The van der Waals surface area contributed by atoms with Gasteiger partial charge in [0.25, 0.3) is 0 Å². The van der Waals surface area contributed by atoms with Crippen molar-refractivity contribution in [2.45, 2.75) is 38.1 Å². The number of hydrogen-bond donors (Lipinski definition) is 1. The van der Waals surface area contributed by atoms with Gasteiger partial charge in [-0.25, -0.2) is 0 Å². The predicted molar refractivity (Wildman–Crippen MR) is 76.0 cm³/mol. The minimum atomic E-state index is 0.228. The monoisotopic (exact) mass is 262 g/mol. The number of ether oxygens (including phenoxy) is 1. The summed E-state index contributed by atoms with van der Waals surface area (Å²) < 4.78 is 5.11. The molecule has 0 saturated heterocycles. The molecule has 1 aliphatic rings. The third kappa shape index (κ3) is 3.80. The first-order chi connectivity index (χ1) is 9.20. The van der Waals surface area contributed by atoms with Gasteiger partial charge in [0.1, 0.15) is 12.3 Å². The summed E-state index contributed by atoms with van der Waals surface area (Å²) in [5.74, 6) is 1.02. The molecule has 0 heterocycles. The van der Waals surface area contributed by atoms with E-state index in [1.54, 1.807) is 7.11 Å². The number of hydrogen-bond acceptors (Lipinski definition) is 2. The molecule has 0 radical (unpaired) electrons. The van der Waals surface area contributed by atoms with E-state index in [2.05, 4.69) is 7.05 Å². The smallest absolute Gasteiger partial charge is 0.216 e. The fraction of sp³-hybridized carbons (Fsp3) is 0.562. The summed E-state index contributed by atoms with van der Waals surface area (Å²) in [5, 5.41) is 0. The van der Waals surface area contributed by atoms with Crippen LogP contribution in [0.4, 0.5) is 0 Å². The SMILES string of the molecule is COc1ccc(C(=O)C[NH+](C)C2CCCCC2)cc1. The van der Waals surface area contributed by atoms with Crippen LogP contribution >= 0.6 is 0 Å². The van der Waals surface area contributed by atoms with Gasteiger partial charge in [0.15, 0.2) is 0 Å². The maximum absolute atomic E-state index is 12.2. The maximum atomic E-state index is 12.2. The molecule has 0 amide bonds. The quantitative estimate of drug-likeness (QED) is 0.819. The first-order valence-electron chi connectivity index (χ1n) is 7.20. The van der Waals surface area contributed by atoms with Crippen molar-refractivity contribution in [2.75, 3.05) is 20.7 Å². The fourth-order valence-corrected chi connectivity index (χ4v) is 2.87. The van der Waals surface area contributed by atoms with E-state index in [-0.39, 0.29) is 5.78 Å². The van der Waals surface area contributed by atoms with E-state index in [9.17, 15) is 4.79 Å². The van der Waals surface area contributed by atoms with E-state index < -0.39 is 0 Å². The summed E-state index contributed by atoms with van der Waals surface area (Å²) >= 11 is 0. The van der Waals surface area contributed by atoms with Gasteiger partial charge in [0.05, 0.1) is 20.2 Å². The van der Waals surface area contributed by atoms with Crippen molar-refractivity contribution in [3.63, 3.8) is 0 Å². The first kappa shape index (κ1) is 14.1. The summed E-state index contributed by atoms with van der Waals surface area (Å²) in [6.45, 7) is 0.594. The van der Waals surface area contributed by atoms with E-state index >= 15 is 0 Å². The molecule has 0 aromatic heterocycles. The van der Waals surface area contributed by atoms with Crippen LogP contribution in [0.3, 0.4) is 0 Å². The Morgan fingerprint density at radius 1 is 1.21 bits per heavy atom. The lowest BCUT2D eigenvalue weighted by atomic mass is 9.94. The molecule has 1 unspecified atom stereocenters. The number of rotatable bonds is 5. The third-order valence-corrected chi connectivity index (χ3v) is 4.15. The first-order valence-corrected chi connectivity index (χ1v) is 7.20. The van der Waals surface area contributed by atoms with E-state index in [0.717, 1.165) is 11.3 Å². The molecule has 19 heavy (non-hydrogen) atoms. The maximum Gasteiger partial charge on any atom is 0.216 e. The summed E-state index contributed by atoms with van der Waals surface area (Å²) in [4.78, 5) is 13.6. The molecule has 104 valence electrons. The van der Waals surface area contributed by atoms with Gasteiger partial charge in [-0.3, -0.25) is 4.79 Å². The third-order valence-electron chi connectivity index (χ3n) is 4.15. The Hall–Kier alpha value is -1.35. The second kappa shape index (κ2) is 6.71. The average Bonchev–Trinajstić information content (AvgIpc) is 2.48. The zero-order valence-electron chi connectivity index (χ0n) is 11.9. The van der Waals surface area contributed by atoms with Crippen LogP contribution in [0.2, 0.25) is 0 Å². The summed E-state index contributed by atoms with van der Waals surface area (Å²) in [6.07, 6.45) is 6.52. The lowest BCUT2D eigenvalue weighted by molar-refractivity contribution is -0.898. The van der Waals surface area contributed by atoms with Crippen molar-refractivity contribution < 1.29 is 14.4 Å². The highest BCUT2D eigenvalue weighted by Crippen LogP contribution is 2.15. The van der Waals surface area contributed by atoms with Crippen LogP contribution in [0.15, 0.2) is 24.3 Å². The molecule has 1 atom stereocenters. The Bertz CT molecular complexity index is 407. The molecule has 0 spiro atoms. The number of likely N-dealkylation sites (N-methyl/N-ethyl adjacent to an activating group) is 1. The van der Waals surface area contributed by atoms with Crippen molar-refractivity contribution in [1.29, 1.82) is 0 Å². The Morgan fingerprint density at radius 2 is 1.84 bits per heavy atom. The molecule has 3 heteroatoms. The Morgan fingerprint density at radius 3 is 2.42 bits per heavy atom. The molecule has 0 aliphatic heterocycles. The molecule has 1 fully saturated rings. The molecular formula is C16H24NO2+. The Labute approximate surface area is 115 Å². The van der Waals surface area contributed by atoms with Gasteiger partial charge in [-0.2, -0.15) is 0 Å². The number of methoxy groups -OCH3 is 1. The summed E-state index contributed by atoms with van der Waals surface area (Å²) in [7, 11) is 3.79. The molecule has 1 N–H and O–H groups in total. The largest absolute Gasteiger partial charge is 0.497 e. The molecule has 1 aromatic carbocycles. The molecule has 1 saturated carbocycles. The standard InChI is InChI=1S/C16H23NO2/c1-17(14-6-4-3-5-7-14)12-16(18)13-8-10-15(19-2)11-9-13/h8-11,14H,3-7,12H2,1-2H3/p+1. The second-order valence-corrected chi connectivity index (χ2v) is 5.51. The molecule has 1 aliphatic carbocycles. The zero-order valence-corrected chi connectivity index (χ0v) is 11.9. The number of carbonyl (C=O) groups is 1. The highest BCUT2D eigenvalue weighted by atomic mass is 16.5. The van der Waals surface area contributed by atoms with Crippen LogP contribution in [0.25, 0.3) is 0 Å². The lowest BCUT2D eigenvalue weighted by Gasteiger charge is -2.27. The number of carbonyl (C=O) groups excluding carboxylic acids is 1. The van der Waals surface area contributed by atoms with Crippen molar-refractivity contribution >= 4 is 5.78 Å². The molecule has 3 nitrogen and oxygen atoms in total. The van der Waals surface area contributed by atoms with Crippen LogP contribution in [0.1, 0.15) is 42.5 Å². The van der Waals surface area contributed by atoms with E-state index in [1.165, 1.54) is 37.0 Å². The minimum Gasteiger partial charge on any atom is -0.497 e. The average molecular weight is 262 g/mol. The number of Topliss-reactive ketones (excluding diaryl/α,β-unsaturated/α-hetero) is 1. The number of ketones is 1. The molecular weight excluding hydrogens is 238 g/mol. The van der Waals surface area contributed by atoms with Gasteiger partial charge in [-0.15, -0.1) is 0 Å². The van der Waals surface area contributed by atoms with Gasteiger partial charge >= 0.3 is 0 Å². The van der Waals surface area contributed by atoms with Crippen molar-refractivity contribution in [3.05, 3.63) is 29.8 Å². The van der Waals surface area contributed by atoms with Gasteiger partial charge in [-0.05, 0) is 49.9 Å². The number of nitrogens with one attached hydrogen (secondary N) is 1. The van der Waals surface area contributed by atoms with Crippen LogP contribution < -0.4 is 9.64 Å². The zero-order chi connectivity index (χ0) is 13.7.